The van der Waals surface area contributed by atoms with Crippen LogP contribution in [-0.2, 0) is 13.2 Å². The lowest BCUT2D eigenvalue weighted by Gasteiger charge is -2.17. The highest BCUT2D eigenvalue weighted by atomic mass is 19.1. The molecule has 0 fully saturated rings. The van der Waals surface area contributed by atoms with Crippen molar-refractivity contribution in [1.82, 2.24) is 5.32 Å². The summed E-state index contributed by atoms with van der Waals surface area (Å²) in [4.78, 5) is 0. The minimum Gasteiger partial charge on any atom is -0.491 e. The van der Waals surface area contributed by atoms with Crippen molar-refractivity contribution in [3.8, 4) is 17.2 Å². The fourth-order valence-electron chi connectivity index (χ4n) is 2.92. The third-order valence-electron chi connectivity index (χ3n) is 4.73. The summed E-state index contributed by atoms with van der Waals surface area (Å²) in [7, 11) is 0. The quantitative estimate of drug-likeness (QED) is 0.407. The van der Waals surface area contributed by atoms with Crippen LogP contribution in [0.5, 0.6) is 17.2 Å². The minimum absolute atomic E-state index is 0.118. The summed E-state index contributed by atoms with van der Waals surface area (Å²) in [6, 6.07) is 17.5. The van der Waals surface area contributed by atoms with Crippen molar-refractivity contribution in [1.29, 1.82) is 0 Å². The Bertz CT molecular complexity index is 994. The maximum atomic E-state index is 13.2. The van der Waals surface area contributed by atoms with Crippen LogP contribution in [0.25, 0.3) is 0 Å². The van der Waals surface area contributed by atoms with Crippen molar-refractivity contribution < 1.29 is 28.1 Å². The number of rotatable bonds is 12. The van der Waals surface area contributed by atoms with Crippen LogP contribution in [0.1, 0.15) is 25.0 Å². The number of ether oxygens (including phenoxy) is 3. The Morgan fingerprint density at radius 3 is 1.85 bits per heavy atom. The van der Waals surface area contributed by atoms with Gasteiger partial charge in [0.25, 0.3) is 0 Å². The zero-order valence-corrected chi connectivity index (χ0v) is 18.8. The van der Waals surface area contributed by atoms with Gasteiger partial charge in [-0.3, -0.25) is 0 Å². The van der Waals surface area contributed by atoms with Gasteiger partial charge >= 0.3 is 0 Å². The van der Waals surface area contributed by atoms with Gasteiger partial charge < -0.3 is 24.6 Å². The molecule has 1 unspecified atom stereocenters. The van der Waals surface area contributed by atoms with E-state index in [2.05, 4.69) is 5.32 Å². The number of hydrogen-bond acceptors (Lipinski definition) is 5. The zero-order chi connectivity index (χ0) is 23.6. The molecule has 3 aromatic rings. The molecular weight excluding hydrogens is 428 g/mol. The molecule has 33 heavy (non-hydrogen) atoms. The molecule has 0 bridgehead atoms. The molecular formula is C26H29F2NO4. The average molecular weight is 458 g/mol. The molecule has 7 heteroatoms. The number of nitrogens with one attached hydrogen (secondary N) is 1. The monoisotopic (exact) mass is 457 g/mol. The molecule has 0 spiro atoms. The second-order valence-corrected chi connectivity index (χ2v) is 7.97. The third-order valence-corrected chi connectivity index (χ3v) is 4.73. The Labute approximate surface area is 192 Å². The van der Waals surface area contributed by atoms with Crippen LogP contribution < -0.4 is 19.5 Å². The van der Waals surface area contributed by atoms with E-state index in [-0.39, 0.29) is 37.5 Å². The van der Waals surface area contributed by atoms with Crippen LogP contribution in [0, 0.1) is 11.6 Å². The zero-order valence-electron chi connectivity index (χ0n) is 18.8. The van der Waals surface area contributed by atoms with Gasteiger partial charge in [-0.05, 0) is 47.5 Å². The molecule has 0 saturated heterocycles. The number of hydrogen-bond donors (Lipinski definition) is 2. The van der Waals surface area contributed by atoms with Crippen molar-refractivity contribution in [2.75, 3.05) is 13.2 Å². The van der Waals surface area contributed by atoms with Gasteiger partial charge in [0.1, 0.15) is 43.3 Å². The van der Waals surface area contributed by atoms with E-state index in [1.807, 2.05) is 13.8 Å². The Balaban J connectivity index is 1.68. The maximum Gasteiger partial charge on any atom is 0.165 e. The van der Waals surface area contributed by atoms with E-state index in [4.69, 9.17) is 14.2 Å². The van der Waals surface area contributed by atoms with Crippen molar-refractivity contribution in [3.05, 3.63) is 89.5 Å². The molecule has 0 saturated carbocycles. The minimum atomic E-state index is -0.662. The normalized spacial score (nSPS) is 11.9. The van der Waals surface area contributed by atoms with E-state index in [0.29, 0.717) is 23.8 Å². The maximum absolute atomic E-state index is 13.2. The molecule has 0 aliphatic heterocycles. The van der Waals surface area contributed by atoms with E-state index >= 15 is 0 Å². The SMILES string of the molecule is CC(C)NCC(O)COc1ccc(OCc2ccc(F)cc2)c(OCc2ccc(F)cc2)c1. The summed E-state index contributed by atoms with van der Waals surface area (Å²) in [5, 5.41) is 13.2. The largest absolute Gasteiger partial charge is 0.491 e. The van der Waals surface area contributed by atoms with Crippen molar-refractivity contribution in [3.63, 3.8) is 0 Å². The molecule has 2 N–H and O–H groups in total. The van der Waals surface area contributed by atoms with Gasteiger partial charge in [-0.2, -0.15) is 0 Å². The molecule has 176 valence electrons. The topological polar surface area (TPSA) is 60.0 Å². The summed E-state index contributed by atoms with van der Waals surface area (Å²) < 4.78 is 43.9. The van der Waals surface area contributed by atoms with Gasteiger partial charge in [0.15, 0.2) is 11.5 Å². The summed E-state index contributed by atoms with van der Waals surface area (Å²) in [5.74, 6) is 0.809. The summed E-state index contributed by atoms with van der Waals surface area (Å²) in [6.45, 7) is 4.98. The smallest absolute Gasteiger partial charge is 0.165 e. The van der Waals surface area contributed by atoms with Crippen LogP contribution in [0.2, 0.25) is 0 Å². The molecule has 1 atom stereocenters. The fourth-order valence-corrected chi connectivity index (χ4v) is 2.92. The molecule has 0 radical (unpaired) electrons. The predicted molar refractivity (Wildman–Crippen MR) is 123 cm³/mol. The first-order chi connectivity index (χ1) is 15.9. The van der Waals surface area contributed by atoms with E-state index < -0.39 is 6.10 Å². The Morgan fingerprint density at radius 1 is 0.758 bits per heavy atom. The second kappa shape index (κ2) is 12.2. The Hall–Kier alpha value is -3.16. The fraction of sp³-hybridized carbons (Fsp3) is 0.308. The third kappa shape index (κ3) is 8.36. The lowest BCUT2D eigenvalue weighted by molar-refractivity contribution is 0.104. The van der Waals surface area contributed by atoms with Gasteiger partial charge in [0, 0.05) is 18.7 Å². The highest BCUT2D eigenvalue weighted by Gasteiger charge is 2.11. The van der Waals surface area contributed by atoms with Gasteiger partial charge in [0.05, 0.1) is 0 Å². The van der Waals surface area contributed by atoms with Crippen LogP contribution in [0.15, 0.2) is 66.7 Å². The molecule has 0 aromatic heterocycles. The molecule has 3 aromatic carbocycles. The van der Waals surface area contributed by atoms with Gasteiger partial charge in [-0.25, -0.2) is 8.78 Å². The van der Waals surface area contributed by atoms with Crippen molar-refractivity contribution in [2.24, 2.45) is 0 Å². The van der Waals surface area contributed by atoms with Crippen molar-refractivity contribution >= 4 is 0 Å². The lowest BCUT2D eigenvalue weighted by Crippen LogP contribution is -2.35. The molecule has 5 nitrogen and oxygen atoms in total. The first-order valence-electron chi connectivity index (χ1n) is 10.8. The Morgan fingerprint density at radius 2 is 1.30 bits per heavy atom. The average Bonchev–Trinajstić information content (AvgIpc) is 2.81. The summed E-state index contributed by atoms with van der Waals surface area (Å²) in [6.07, 6.45) is -0.662. The number of aliphatic hydroxyl groups is 1. The lowest BCUT2D eigenvalue weighted by atomic mass is 10.2. The second-order valence-electron chi connectivity index (χ2n) is 7.97. The first-order valence-corrected chi connectivity index (χ1v) is 10.8. The standard InChI is InChI=1S/C26H29F2NO4/c1-18(2)29-14-23(30)17-31-24-11-12-25(32-15-19-3-7-21(27)8-4-19)26(13-24)33-16-20-5-9-22(28)10-6-20/h3-13,18,23,29-30H,14-17H2,1-2H3. The van der Waals surface area contributed by atoms with Crippen molar-refractivity contribution in [2.45, 2.75) is 39.2 Å². The van der Waals surface area contributed by atoms with Crippen LogP contribution in [0.3, 0.4) is 0 Å². The Kier molecular flexibility index (Phi) is 9.04. The summed E-state index contributed by atoms with van der Waals surface area (Å²) >= 11 is 0. The molecule has 0 aliphatic rings. The first kappa shape index (κ1) is 24.5. The van der Waals surface area contributed by atoms with E-state index in [1.54, 1.807) is 42.5 Å². The van der Waals surface area contributed by atoms with Crippen LogP contribution in [-0.4, -0.2) is 30.4 Å². The van der Waals surface area contributed by atoms with E-state index in [9.17, 15) is 13.9 Å². The van der Waals surface area contributed by atoms with E-state index in [0.717, 1.165) is 11.1 Å². The van der Waals surface area contributed by atoms with E-state index in [1.165, 1.54) is 24.3 Å². The number of benzene rings is 3. The van der Waals surface area contributed by atoms with Crippen LogP contribution >= 0.6 is 0 Å². The predicted octanol–water partition coefficient (Wildman–Crippen LogP) is 4.86. The summed E-state index contributed by atoms with van der Waals surface area (Å²) in [5.41, 5.74) is 1.60. The highest BCUT2D eigenvalue weighted by molar-refractivity contribution is 5.46. The highest BCUT2D eigenvalue weighted by Crippen LogP contribution is 2.33. The molecule has 0 amide bonds. The van der Waals surface area contributed by atoms with Gasteiger partial charge in [-0.1, -0.05) is 38.1 Å². The molecule has 3 rings (SSSR count). The van der Waals surface area contributed by atoms with Crippen LogP contribution in [0.4, 0.5) is 8.78 Å². The van der Waals surface area contributed by atoms with Gasteiger partial charge in [0.2, 0.25) is 0 Å². The van der Waals surface area contributed by atoms with Gasteiger partial charge in [-0.15, -0.1) is 0 Å². The number of halogens is 2. The number of aliphatic hydroxyl groups excluding tert-OH is 1. The molecule has 0 aliphatic carbocycles. The molecule has 0 heterocycles.